The average molecular weight is 276 g/mol. The lowest BCUT2D eigenvalue weighted by molar-refractivity contribution is -0.149. The minimum absolute atomic E-state index is 0. The number of benzene rings is 1. The summed E-state index contributed by atoms with van der Waals surface area (Å²) in [5.41, 5.74) is 4.94. The molecular weight excluding hydrogens is 266 g/mol. The Morgan fingerprint density at radius 3 is 2.38 bits per heavy atom. The zero-order valence-electron chi connectivity index (χ0n) is 8.22. The van der Waals surface area contributed by atoms with Crippen molar-refractivity contribution in [1.29, 1.82) is 0 Å². The first-order chi connectivity index (χ1) is 6.86. The number of halogens is 5. The topological polar surface area (TPSA) is 35.2 Å². The molecular formula is C9H10Cl2F3NO. The van der Waals surface area contributed by atoms with E-state index >= 15 is 0 Å². The second kappa shape index (κ2) is 5.61. The van der Waals surface area contributed by atoms with Crippen LogP contribution in [0, 0.1) is 0 Å². The Morgan fingerprint density at radius 2 is 1.94 bits per heavy atom. The molecule has 2 nitrogen and oxygen atoms in total. The molecule has 16 heavy (non-hydrogen) atoms. The molecule has 92 valence electrons. The van der Waals surface area contributed by atoms with Gasteiger partial charge in [-0.15, -0.1) is 12.4 Å². The number of hydrogen-bond acceptors (Lipinski definition) is 2. The maximum atomic E-state index is 12.3. The van der Waals surface area contributed by atoms with Gasteiger partial charge in [-0.25, -0.2) is 0 Å². The summed E-state index contributed by atoms with van der Waals surface area (Å²) < 4.78 is 41.6. The summed E-state index contributed by atoms with van der Waals surface area (Å²) >= 11 is 5.67. The third kappa shape index (κ3) is 3.43. The molecule has 0 saturated heterocycles. The molecule has 1 aromatic carbocycles. The highest BCUT2D eigenvalue weighted by atomic mass is 35.5. The van der Waals surface area contributed by atoms with Crippen molar-refractivity contribution in [2.24, 2.45) is 5.73 Å². The number of methoxy groups -OCH3 is 1. The summed E-state index contributed by atoms with van der Waals surface area (Å²) in [5, 5.41) is 0.246. The highest BCUT2D eigenvalue weighted by Crippen LogP contribution is 2.34. The van der Waals surface area contributed by atoms with E-state index < -0.39 is 12.2 Å². The van der Waals surface area contributed by atoms with E-state index in [2.05, 4.69) is 0 Å². The van der Waals surface area contributed by atoms with Gasteiger partial charge in [0.2, 0.25) is 0 Å². The zero-order chi connectivity index (χ0) is 11.6. The van der Waals surface area contributed by atoms with E-state index in [0.29, 0.717) is 0 Å². The van der Waals surface area contributed by atoms with E-state index in [0.717, 1.165) is 0 Å². The van der Waals surface area contributed by atoms with Gasteiger partial charge < -0.3 is 10.5 Å². The van der Waals surface area contributed by atoms with Crippen LogP contribution in [-0.2, 0) is 0 Å². The maximum absolute atomic E-state index is 12.3. The fourth-order valence-electron chi connectivity index (χ4n) is 1.06. The number of alkyl halides is 3. The van der Waals surface area contributed by atoms with Crippen LogP contribution in [0.2, 0.25) is 5.02 Å². The van der Waals surface area contributed by atoms with Gasteiger partial charge in [-0.1, -0.05) is 17.7 Å². The van der Waals surface area contributed by atoms with Gasteiger partial charge in [0.15, 0.2) is 0 Å². The Bertz CT molecular complexity index is 357. The molecule has 2 N–H and O–H groups in total. The predicted molar refractivity (Wildman–Crippen MR) is 58.2 cm³/mol. The van der Waals surface area contributed by atoms with Gasteiger partial charge in [-0.05, 0) is 17.7 Å². The van der Waals surface area contributed by atoms with E-state index in [4.69, 9.17) is 22.1 Å². The maximum Gasteiger partial charge on any atom is 0.407 e. The van der Waals surface area contributed by atoms with Gasteiger partial charge >= 0.3 is 6.18 Å². The quantitative estimate of drug-likeness (QED) is 0.899. The van der Waals surface area contributed by atoms with Crippen LogP contribution in [-0.4, -0.2) is 13.3 Å². The van der Waals surface area contributed by atoms with Crippen molar-refractivity contribution in [2.75, 3.05) is 7.11 Å². The van der Waals surface area contributed by atoms with Crippen molar-refractivity contribution in [3.05, 3.63) is 28.8 Å². The molecule has 0 saturated carbocycles. The van der Waals surface area contributed by atoms with Gasteiger partial charge in [-0.2, -0.15) is 13.2 Å². The van der Waals surface area contributed by atoms with Crippen LogP contribution in [0.5, 0.6) is 5.75 Å². The molecule has 1 rings (SSSR count). The third-order valence-corrected chi connectivity index (χ3v) is 2.20. The van der Waals surface area contributed by atoms with Crippen molar-refractivity contribution < 1.29 is 17.9 Å². The van der Waals surface area contributed by atoms with Gasteiger partial charge in [0, 0.05) is 0 Å². The first kappa shape index (κ1) is 15.3. The molecule has 0 bridgehead atoms. The molecule has 0 aliphatic heterocycles. The first-order valence-corrected chi connectivity index (χ1v) is 4.39. The van der Waals surface area contributed by atoms with E-state index in [9.17, 15) is 13.2 Å². The molecule has 0 aromatic heterocycles. The second-order valence-electron chi connectivity index (χ2n) is 2.91. The monoisotopic (exact) mass is 275 g/mol. The summed E-state index contributed by atoms with van der Waals surface area (Å²) in [4.78, 5) is 0. The van der Waals surface area contributed by atoms with E-state index in [1.807, 2.05) is 0 Å². The fraction of sp³-hybridized carbons (Fsp3) is 0.333. The van der Waals surface area contributed by atoms with Crippen LogP contribution in [0.25, 0.3) is 0 Å². The molecule has 0 aliphatic carbocycles. The molecule has 7 heteroatoms. The number of nitrogens with two attached hydrogens (primary N) is 1. The molecule has 0 heterocycles. The highest BCUT2D eigenvalue weighted by Gasteiger charge is 2.38. The SMILES string of the molecule is COc1cc([C@H](N)C(F)(F)F)ccc1Cl.Cl. The molecule has 1 atom stereocenters. The van der Waals surface area contributed by atoms with E-state index in [1.165, 1.54) is 25.3 Å². The minimum Gasteiger partial charge on any atom is -0.495 e. The molecule has 0 fully saturated rings. The van der Waals surface area contributed by atoms with Crippen LogP contribution in [0.1, 0.15) is 11.6 Å². The van der Waals surface area contributed by atoms with Crippen molar-refractivity contribution in [2.45, 2.75) is 12.2 Å². The molecule has 0 aliphatic rings. The second-order valence-corrected chi connectivity index (χ2v) is 3.32. The Labute approximate surface area is 102 Å². The summed E-state index contributed by atoms with van der Waals surface area (Å²) in [5.74, 6) is 0.175. The molecule has 1 aromatic rings. The lowest BCUT2D eigenvalue weighted by Crippen LogP contribution is -2.28. The van der Waals surface area contributed by atoms with E-state index in [-0.39, 0.29) is 28.7 Å². The smallest absolute Gasteiger partial charge is 0.407 e. The standard InChI is InChI=1S/C9H9ClF3NO.ClH/c1-15-7-4-5(2-3-6(7)10)8(14)9(11,12)13;/h2-4,8H,14H2,1H3;1H/t8-;/m0./s1. The van der Waals surface area contributed by atoms with Crippen LogP contribution >= 0.6 is 24.0 Å². The number of ether oxygens (including phenoxy) is 1. The van der Waals surface area contributed by atoms with Crippen LogP contribution in [0.15, 0.2) is 18.2 Å². The zero-order valence-corrected chi connectivity index (χ0v) is 9.79. The summed E-state index contributed by atoms with van der Waals surface area (Å²) in [7, 11) is 1.32. The van der Waals surface area contributed by atoms with Gasteiger partial charge in [-0.3, -0.25) is 0 Å². The van der Waals surface area contributed by atoms with E-state index in [1.54, 1.807) is 0 Å². The molecule has 0 spiro atoms. The van der Waals surface area contributed by atoms with Crippen LogP contribution in [0.4, 0.5) is 13.2 Å². The van der Waals surface area contributed by atoms with Gasteiger partial charge in [0.05, 0.1) is 12.1 Å². The fourth-order valence-corrected chi connectivity index (χ4v) is 1.25. The Balaban J connectivity index is 0.00000225. The first-order valence-electron chi connectivity index (χ1n) is 4.02. The third-order valence-electron chi connectivity index (χ3n) is 1.89. The Hall–Kier alpha value is -0.650. The van der Waals surface area contributed by atoms with Gasteiger partial charge in [0.1, 0.15) is 11.8 Å². The number of hydrogen-bond donors (Lipinski definition) is 1. The van der Waals surface area contributed by atoms with Crippen molar-refractivity contribution in [1.82, 2.24) is 0 Å². The Morgan fingerprint density at radius 1 is 1.38 bits per heavy atom. The van der Waals surface area contributed by atoms with Gasteiger partial charge in [0.25, 0.3) is 0 Å². The normalized spacial score (nSPS) is 12.9. The number of rotatable bonds is 2. The lowest BCUT2D eigenvalue weighted by atomic mass is 10.1. The van der Waals surface area contributed by atoms with Crippen molar-refractivity contribution in [3.63, 3.8) is 0 Å². The average Bonchev–Trinajstić information content (AvgIpc) is 2.16. The lowest BCUT2D eigenvalue weighted by Gasteiger charge is -2.16. The summed E-state index contributed by atoms with van der Waals surface area (Å²) in [6, 6.07) is 1.70. The minimum atomic E-state index is -4.47. The van der Waals surface area contributed by atoms with Crippen molar-refractivity contribution in [3.8, 4) is 5.75 Å². The van der Waals surface area contributed by atoms with Crippen molar-refractivity contribution >= 4 is 24.0 Å². The predicted octanol–water partition coefficient (Wildman–Crippen LogP) is 3.33. The Kier molecular flexibility index (Phi) is 5.38. The van der Waals surface area contributed by atoms with Crippen LogP contribution in [0.3, 0.4) is 0 Å². The molecule has 0 radical (unpaired) electrons. The largest absolute Gasteiger partial charge is 0.495 e. The molecule has 0 unspecified atom stereocenters. The summed E-state index contributed by atoms with van der Waals surface area (Å²) in [6.07, 6.45) is -4.47. The summed E-state index contributed by atoms with van der Waals surface area (Å²) in [6.45, 7) is 0. The highest BCUT2D eigenvalue weighted by molar-refractivity contribution is 6.32. The van der Waals surface area contributed by atoms with Crippen LogP contribution < -0.4 is 10.5 Å². The molecule has 0 amide bonds.